The number of Topliss-reactive ketones (excluding diaryl/α,β-unsaturated/α-hetero) is 2. The Morgan fingerprint density at radius 3 is 2.27 bits per heavy atom. The van der Waals surface area contributed by atoms with Crippen molar-refractivity contribution in [3.8, 4) is 0 Å². The molecule has 15 heavy (non-hydrogen) atoms. The van der Waals surface area contributed by atoms with Gasteiger partial charge in [-0.2, -0.15) is 13.2 Å². The van der Waals surface area contributed by atoms with Crippen molar-refractivity contribution in [3.05, 3.63) is 23.6 Å². The topological polar surface area (TPSA) is 34.1 Å². The summed E-state index contributed by atoms with van der Waals surface area (Å²) in [5.41, 5.74) is 0. The van der Waals surface area contributed by atoms with Crippen molar-refractivity contribution in [1.82, 2.24) is 0 Å². The van der Waals surface area contributed by atoms with Crippen LogP contribution in [0, 0.1) is 0 Å². The molecule has 0 spiro atoms. The van der Waals surface area contributed by atoms with Crippen LogP contribution in [0.5, 0.6) is 0 Å². The van der Waals surface area contributed by atoms with Crippen LogP contribution < -0.4 is 0 Å². The van der Waals surface area contributed by atoms with Crippen molar-refractivity contribution < 1.29 is 22.8 Å². The van der Waals surface area contributed by atoms with Gasteiger partial charge in [-0.3, -0.25) is 9.59 Å². The predicted molar refractivity (Wildman–Crippen MR) is 52.5 cm³/mol. The van der Waals surface area contributed by atoms with Crippen molar-refractivity contribution in [2.24, 2.45) is 0 Å². The highest BCUT2D eigenvalue weighted by atomic mass is 32.2. The monoisotopic (exact) mass is 238 g/mol. The van der Waals surface area contributed by atoms with E-state index in [1.165, 1.54) is 18.4 Å². The molecule has 0 bridgehead atoms. The fourth-order valence-corrected chi connectivity index (χ4v) is 1.25. The van der Waals surface area contributed by atoms with Crippen LogP contribution in [0.25, 0.3) is 0 Å². The van der Waals surface area contributed by atoms with Gasteiger partial charge in [0.2, 0.25) is 5.78 Å². The second-order valence-electron chi connectivity index (χ2n) is 2.49. The molecule has 0 N–H and O–H groups in total. The molecular weight excluding hydrogens is 229 g/mol. The van der Waals surface area contributed by atoms with E-state index >= 15 is 0 Å². The molecule has 0 saturated heterocycles. The zero-order valence-electron chi connectivity index (χ0n) is 7.93. The molecule has 0 aliphatic rings. The van der Waals surface area contributed by atoms with Gasteiger partial charge in [0.1, 0.15) is 0 Å². The lowest BCUT2D eigenvalue weighted by Crippen LogP contribution is -2.25. The number of hydrogen-bond donors (Lipinski definition) is 0. The van der Waals surface area contributed by atoms with Gasteiger partial charge in [-0.25, -0.2) is 0 Å². The number of allylic oxidation sites excluding steroid dienone is 3. The summed E-state index contributed by atoms with van der Waals surface area (Å²) in [4.78, 5) is 21.7. The molecule has 0 heterocycles. The van der Waals surface area contributed by atoms with Crippen molar-refractivity contribution in [2.45, 2.75) is 12.6 Å². The van der Waals surface area contributed by atoms with Crippen LogP contribution in [0.4, 0.5) is 13.2 Å². The maximum Gasteiger partial charge on any atom is 0.450 e. The van der Waals surface area contributed by atoms with E-state index in [1.54, 1.807) is 0 Å². The van der Waals surface area contributed by atoms with E-state index in [9.17, 15) is 22.8 Å². The number of hydrogen-bond acceptors (Lipinski definition) is 3. The van der Waals surface area contributed by atoms with Gasteiger partial charge in [0.05, 0.1) is 11.3 Å². The van der Waals surface area contributed by atoms with E-state index in [2.05, 4.69) is 6.58 Å². The van der Waals surface area contributed by atoms with Crippen LogP contribution in [0.2, 0.25) is 0 Å². The number of carbonyl (C=O) groups excluding carboxylic acids is 2. The first-order chi connectivity index (χ1) is 6.82. The lowest BCUT2D eigenvalue weighted by atomic mass is 10.2. The fraction of sp³-hybridized carbons (Fsp3) is 0.333. The molecule has 0 radical (unpaired) electrons. The van der Waals surface area contributed by atoms with Crippen LogP contribution in [0.3, 0.4) is 0 Å². The van der Waals surface area contributed by atoms with Crippen molar-refractivity contribution in [1.29, 1.82) is 0 Å². The van der Waals surface area contributed by atoms with E-state index in [0.29, 0.717) is 0 Å². The average molecular weight is 238 g/mol. The van der Waals surface area contributed by atoms with E-state index in [1.807, 2.05) is 0 Å². The van der Waals surface area contributed by atoms with Crippen LogP contribution in [0.15, 0.2) is 23.6 Å². The molecule has 0 aliphatic carbocycles. The highest BCUT2D eigenvalue weighted by Gasteiger charge is 2.39. The Kier molecular flexibility index (Phi) is 5.35. The maximum atomic E-state index is 11.8. The predicted octanol–water partition coefficient (Wildman–Crippen LogP) is 2.51. The Balaban J connectivity index is 4.56. The highest BCUT2D eigenvalue weighted by molar-refractivity contribution is 8.03. The zero-order chi connectivity index (χ0) is 12.1. The molecule has 84 valence electrons. The summed E-state index contributed by atoms with van der Waals surface area (Å²) in [5, 5.41) is 0. The molecule has 0 atom stereocenters. The maximum absolute atomic E-state index is 11.8. The minimum atomic E-state index is -4.95. The zero-order valence-corrected chi connectivity index (χ0v) is 8.74. The molecule has 0 unspecified atom stereocenters. The van der Waals surface area contributed by atoms with Crippen LogP contribution in [0.1, 0.15) is 6.42 Å². The number of carbonyl (C=O) groups is 2. The third-order valence-electron chi connectivity index (χ3n) is 1.40. The van der Waals surface area contributed by atoms with Gasteiger partial charge in [-0.15, -0.1) is 11.8 Å². The Morgan fingerprint density at radius 2 is 1.93 bits per heavy atom. The normalized spacial score (nSPS) is 12.4. The van der Waals surface area contributed by atoms with Gasteiger partial charge in [0.25, 0.3) is 0 Å². The molecule has 0 aromatic rings. The van der Waals surface area contributed by atoms with E-state index in [4.69, 9.17) is 0 Å². The van der Waals surface area contributed by atoms with Gasteiger partial charge < -0.3 is 0 Å². The minimum Gasteiger partial charge on any atom is -0.293 e. The third kappa shape index (κ3) is 4.83. The Hall–Kier alpha value is -1.04. The van der Waals surface area contributed by atoms with Gasteiger partial charge in [-0.05, 0) is 12.3 Å². The summed E-state index contributed by atoms with van der Waals surface area (Å²) in [7, 11) is 0. The standard InChI is InChI=1S/C9H9F3O2S/c1-3-4-7(15-2)6(13)5-8(14)9(10,11)12/h3-4H,1,5H2,2H3/b7-4-. The summed E-state index contributed by atoms with van der Waals surface area (Å²) in [6, 6.07) is 0. The smallest absolute Gasteiger partial charge is 0.293 e. The molecule has 0 amide bonds. The second kappa shape index (κ2) is 5.75. The molecule has 0 saturated carbocycles. The number of halogens is 3. The first kappa shape index (κ1) is 14.0. The van der Waals surface area contributed by atoms with Gasteiger partial charge >= 0.3 is 6.18 Å². The number of ketones is 2. The Bertz CT molecular complexity index is 305. The molecule has 0 aromatic carbocycles. The van der Waals surface area contributed by atoms with Crippen LogP contribution >= 0.6 is 11.8 Å². The molecular formula is C9H9F3O2S. The van der Waals surface area contributed by atoms with E-state index < -0.39 is 24.2 Å². The van der Waals surface area contributed by atoms with Crippen molar-refractivity contribution in [2.75, 3.05) is 6.26 Å². The molecule has 0 aliphatic heterocycles. The van der Waals surface area contributed by atoms with E-state index in [-0.39, 0.29) is 4.91 Å². The van der Waals surface area contributed by atoms with Crippen molar-refractivity contribution in [3.63, 3.8) is 0 Å². The van der Waals surface area contributed by atoms with Gasteiger partial charge in [0, 0.05) is 0 Å². The first-order valence-electron chi connectivity index (χ1n) is 3.82. The number of rotatable bonds is 5. The summed E-state index contributed by atoms with van der Waals surface area (Å²) < 4.78 is 35.4. The molecule has 0 aromatic heterocycles. The minimum absolute atomic E-state index is 0.0857. The summed E-state index contributed by atoms with van der Waals surface area (Å²) in [6.45, 7) is 3.31. The molecule has 0 rings (SSSR count). The summed E-state index contributed by atoms with van der Waals surface area (Å²) in [6.07, 6.45) is -2.01. The summed E-state index contributed by atoms with van der Waals surface area (Å²) >= 11 is 0.976. The van der Waals surface area contributed by atoms with Gasteiger partial charge in [0.15, 0.2) is 5.78 Å². The second-order valence-corrected chi connectivity index (χ2v) is 3.34. The molecule has 2 nitrogen and oxygen atoms in total. The van der Waals surface area contributed by atoms with Crippen molar-refractivity contribution >= 4 is 23.3 Å². The molecule has 6 heteroatoms. The third-order valence-corrected chi connectivity index (χ3v) is 2.20. The summed E-state index contributed by atoms with van der Waals surface area (Å²) in [5.74, 6) is -2.87. The largest absolute Gasteiger partial charge is 0.450 e. The Labute approximate surface area is 89.2 Å². The van der Waals surface area contributed by atoms with Gasteiger partial charge in [-0.1, -0.05) is 12.7 Å². The number of alkyl halides is 3. The SMILES string of the molecule is C=C/C=C(\SC)C(=O)CC(=O)C(F)(F)F. The Morgan fingerprint density at radius 1 is 1.40 bits per heavy atom. The first-order valence-corrected chi connectivity index (χ1v) is 5.05. The average Bonchev–Trinajstić information content (AvgIpc) is 2.12. The lowest BCUT2D eigenvalue weighted by molar-refractivity contribution is -0.171. The van der Waals surface area contributed by atoms with Crippen LogP contribution in [-0.2, 0) is 9.59 Å². The highest BCUT2D eigenvalue weighted by Crippen LogP contribution is 2.21. The quantitative estimate of drug-likeness (QED) is 0.419. The van der Waals surface area contributed by atoms with E-state index in [0.717, 1.165) is 11.8 Å². The van der Waals surface area contributed by atoms with Crippen LogP contribution in [-0.4, -0.2) is 24.0 Å². The lowest BCUT2D eigenvalue weighted by Gasteiger charge is -2.05. The number of thioether (sulfide) groups is 1. The molecule has 0 fully saturated rings. The fourth-order valence-electron chi connectivity index (χ4n) is 0.715.